The highest BCUT2D eigenvalue weighted by atomic mass is 16.4. The molecule has 5 heteroatoms. The molecule has 1 N–H and O–H groups in total. The van der Waals surface area contributed by atoms with Crippen molar-refractivity contribution in [1.29, 1.82) is 0 Å². The van der Waals surface area contributed by atoms with Gasteiger partial charge < -0.3 is 5.21 Å². The first kappa shape index (κ1) is 15.8. The molecule has 0 amide bonds. The molecule has 22 heavy (non-hydrogen) atoms. The van der Waals surface area contributed by atoms with E-state index in [9.17, 15) is 4.79 Å². The normalized spacial score (nSPS) is 15.7. The van der Waals surface area contributed by atoms with Crippen molar-refractivity contribution in [3.8, 4) is 12.3 Å². The van der Waals surface area contributed by atoms with Crippen LogP contribution in [0.15, 0.2) is 28.2 Å². The van der Waals surface area contributed by atoms with Crippen molar-refractivity contribution in [2.24, 2.45) is 5.16 Å². The van der Waals surface area contributed by atoms with Crippen LogP contribution in [0.1, 0.15) is 37.4 Å². The summed E-state index contributed by atoms with van der Waals surface area (Å²) in [6.45, 7) is 4.09. The molecular weight excluding hydrogens is 278 g/mol. The number of rotatable bonds is 4. The van der Waals surface area contributed by atoms with Gasteiger partial charge in [0.1, 0.15) is 5.82 Å². The Labute approximate surface area is 129 Å². The summed E-state index contributed by atoms with van der Waals surface area (Å²) in [4.78, 5) is 17.3. The van der Waals surface area contributed by atoms with Crippen LogP contribution in [0.3, 0.4) is 0 Å². The first-order chi connectivity index (χ1) is 10.7. The van der Waals surface area contributed by atoms with E-state index < -0.39 is 0 Å². The molecule has 1 aliphatic rings. The number of terminal acetylenes is 1. The van der Waals surface area contributed by atoms with E-state index >= 15 is 0 Å². The molecule has 0 unspecified atom stereocenters. The van der Waals surface area contributed by atoms with E-state index in [1.807, 2.05) is 19.9 Å². The average Bonchev–Trinajstić information content (AvgIpc) is 2.56. The van der Waals surface area contributed by atoms with Gasteiger partial charge in [0, 0.05) is 17.6 Å². The lowest BCUT2D eigenvalue weighted by molar-refractivity contribution is 0.319. The number of allylic oxidation sites excluding steroid dienone is 4. The van der Waals surface area contributed by atoms with Gasteiger partial charge in [0.05, 0.1) is 18.0 Å². The maximum Gasteiger partial charge on any atom is 0.258 e. The summed E-state index contributed by atoms with van der Waals surface area (Å²) in [5.74, 6) is 3.07. The molecule has 5 nitrogen and oxygen atoms in total. The van der Waals surface area contributed by atoms with Crippen molar-refractivity contribution in [2.45, 2.75) is 39.7 Å². The van der Waals surface area contributed by atoms with Crippen LogP contribution in [-0.4, -0.2) is 20.5 Å². The standard InChI is InChI=1S/C17H19N3O2/c1-4-10-20-16(12-8-7-9-13(11-12)19-22)18-15(6-3)14(5-2)17(20)21/h1,7-9,22H,5-6,10-11H2,2-3H3/b19-13+. The van der Waals surface area contributed by atoms with Crippen LogP contribution < -0.4 is 5.56 Å². The predicted molar refractivity (Wildman–Crippen MR) is 87.0 cm³/mol. The molecule has 0 saturated heterocycles. The fourth-order valence-electron chi connectivity index (χ4n) is 2.58. The molecule has 2 rings (SSSR count). The zero-order chi connectivity index (χ0) is 16.1. The monoisotopic (exact) mass is 297 g/mol. The number of hydrogen-bond donors (Lipinski definition) is 1. The maximum absolute atomic E-state index is 12.7. The fourth-order valence-corrected chi connectivity index (χ4v) is 2.58. The Morgan fingerprint density at radius 2 is 2.23 bits per heavy atom. The van der Waals surface area contributed by atoms with Crippen molar-refractivity contribution in [1.82, 2.24) is 9.55 Å². The SMILES string of the molecule is C#CCn1c(C2=CC=C/C(=N\O)C2)nc(CC)c(CC)c1=O. The molecule has 0 spiro atoms. The van der Waals surface area contributed by atoms with E-state index in [2.05, 4.69) is 16.1 Å². The number of hydrogen-bond acceptors (Lipinski definition) is 4. The summed E-state index contributed by atoms with van der Waals surface area (Å²) >= 11 is 0. The highest BCUT2D eigenvalue weighted by molar-refractivity contribution is 6.03. The molecular formula is C17H19N3O2. The third-order valence-corrected chi connectivity index (χ3v) is 3.66. The van der Waals surface area contributed by atoms with Gasteiger partial charge in [-0.05, 0) is 18.9 Å². The molecule has 114 valence electrons. The number of nitrogens with zero attached hydrogens (tertiary/aromatic N) is 3. The van der Waals surface area contributed by atoms with Gasteiger partial charge in [-0.2, -0.15) is 0 Å². The number of aromatic nitrogens is 2. The maximum atomic E-state index is 12.7. The lowest BCUT2D eigenvalue weighted by atomic mass is 10.0. The van der Waals surface area contributed by atoms with Gasteiger partial charge >= 0.3 is 0 Å². The van der Waals surface area contributed by atoms with Gasteiger partial charge in [0.25, 0.3) is 5.56 Å². The minimum Gasteiger partial charge on any atom is -0.411 e. The van der Waals surface area contributed by atoms with E-state index in [4.69, 9.17) is 11.6 Å². The summed E-state index contributed by atoms with van der Waals surface area (Å²) in [5, 5.41) is 12.2. The van der Waals surface area contributed by atoms with Gasteiger partial charge in [-0.15, -0.1) is 6.42 Å². The van der Waals surface area contributed by atoms with Gasteiger partial charge in [0.2, 0.25) is 0 Å². The minimum atomic E-state index is -0.0831. The zero-order valence-electron chi connectivity index (χ0n) is 12.8. The summed E-state index contributed by atoms with van der Waals surface area (Å²) in [6.07, 6.45) is 12.5. The van der Waals surface area contributed by atoms with Crippen LogP contribution in [0.2, 0.25) is 0 Å². The highest BCUT2D eigenvalue weighted by Crippen LogP contribution is 2.21. The largest absolute Gasteiger partial charge is 0.411 e. The molecule has 0 bridgehead atoms. The first-order valence-electron chi connectivity index (χ1n) is 7.30. The van der Waals surface area contributed by atoms with E-state index in [0.717, 1.165) is 11.3 Å². The summed E-state index contributed by atoms with van der Waals surface area (Å²) < 4.78 is 1.53. The smallest absolute Gasteiger partial charge is 0.258 e. The lowest BCUT2D eigenvalue weighted by Crippen LogP contribution is -2.30. The van der Waals surface area contributed by atoms with Crippen LogP contribution in [0.5, 0.6) is 0 Å². The van der Waals surface area contributed by atoms with Gasteiger partial charge in [0.15, 0.2) is 0 Å². The molecule has 0 radical (unpaired) electrons. The van der Waals surface area contributed by atoms with Gasteiger partial charge in [-0.3, -0.25) is 9.36 Å². The number of aryl methyl sites for hydroxylation is 1. The van der Waals surface area contributed by atoms with Crippen LogP contribution in [0.25, 0.3) is 5.57 Å². The van der Waals surface area contributed by atoms with E-state index in [1.54, 1.807) is 12.2 Å². The van der Waals surface area contributed by atoms with Crippen LogP contribution in [0, 0.1) is 12.3 Å². The topological polar surface area (TPSA) is 67.5 Å². The van der Waals surface area contributed by atoms with Crippen LogP contribution in [0.4, 0.5) is 0 Å². The predicted octanol–water partition coefficient (Wildman–Crippen LogP) is 2.17. The minimum absolute atomic E-state index is 0.0831. The molecule has 1 aliphatic carbocycles. The zero-order valence-corrected chi connectivity index (χ0v) is 12.8. The Balaban J connectivity index is 2.67. The van der Waals surface area contributed by atoms with Crippen molar-refractivity contribution in [3.05, 3.63) is 45.7 Å². The molecule has 0 atom stereocenters. The first-order valence-corrected chi connectivity index (χ1v) is 7.30. The van der Waals surface area contributed by atoms with Crippen molar-refractivity contribution in [2.75, 3.05) is 0 Å². The van der Waals surface area contributed by atoms with Crippen LogP contribution in [-0.2, 0) is 19.4 Å². The molecule has 0 aromatic carbocycles. The van der Waals surface area contributed by atoms with Gasteiger partial charge in [-0.25, -0.2) is 4.98 Å². The molecule has 1 aromatic rings. The third-order valence-electron chi connectivity index (χ3n) is 3.66. The van der Waals surface area contributed by atoms with Crippen molar-refractivity contribution >= 4 is 11.3 Å². The third kappa shape index (κ3) is 2.86. The van der Waals surface area contributed by atoms with E-state index in [1.165, 1.54) is 4.57 Å². The van der Waals surface area contributed by atoms with Crippen molar-refractivity contribution < 1.29 is 5.21 Å². The summed E-state index contributed by atoms with van der Waals surface area (Å²) in [7, 11) is 0. The summed E-state index contributed by atoms with van der Waals surface area (Å²) in [6, 6.07) is 0. The van der Waals surface area contributed by atoms with Gasteiger partial charge in [-0.1, -0.05) is 37.1 Å². The Morgan fingerprint density at radius 3 is 2.82 bits per heavy atom. The molecule has 1 heterocycles. The second-order valence-corrected chi connectivity index (χ2v) is 4.98. The van der Waals surface area contributed by atoms with Crippen molar-refractivity contribution in [3.63, 3.8) is 0 Å². The van der Waals surface area contributed by atoms with E-state index in [-0.39, 0.29) is 12.1 Å². The number of oxime groups is 1. The molecule has 0 saturated carbocycles. The lowest BCUT2D eigenvalue weighted by Gasteiger charge is -2.17. The fraction of sp³-hybridized carbons (Fsp3) is 0.353. The Bertz CT molecular complexity index is 761. The quantitative estimate of drug-likeness (QED) is 0.526. The average molecular weight is 297 g/mol. The molecule has 1 aromatic heterocycles. The summed E-state index contributed by atoms with van der Waals surface area (Å²) in [5.41, 5.74) is 2.77. The Morgan fingerprint density at radius 1 is 1.45 bits per heavy atom. The molecule has 0 aliphatic heterocycles. The molecule has 0 fully saturated rings. The van der Waals surface area contributed by atoms with Crippen LogP contribution >= 0.6 is 0 Å². The Kier molecular flexibility index (Phi) is 4.95. The Hall–Kier alpha value is -2.61. The second kappa shape index (κ2) is 6.90. The second-order valence-electron chi connectivity index (χ2n) is 4.98. The van der Waals surface area contributed by atoms with E-state index in [0.29, 0.717) is 36.4 Å². The highest BCUT2D eigenvalue weighted by Gasteiger charge is 2.18.